The van der Waals surface area contributed by atoms with E-state index in [-0.39, 0.29) is 12.5 Å². The highest BCUT2D eigenvalue weighted by atomic mass is 16.5. The molecule has 1 heterocycles. The molecule has 0 spiro atoms. The molecule has 25 heavy (non-hydrogen) atoms. The van der Waals surface area contributed by atoms with Crippen LogP contribution in [0.1, 0.15) is 34.8 Å². The Bertz CT molecular complexity index is 800. The van der Waals surface area contributed by atoms with E-state index in [2.05, 4.69) is 6.58 Å². The van der Waals surface area contributed by atoms with Crippen LogP contribution in [0.15, 0.2) is 67.3 Å². The summed E-state index contributed by atoms with van der Waals surface area (Å²) in [5.74, 6) is -0.571. The number of esters is 1. The molecule has 0 fully saturated rings. The number of hydrogen-bond acceptors (Lipinski definition) is 3. The summed E-state index contributed by atoms with van der Waals surface area (Å²) in [4.78, 5) is 27.7. The van der Waals surface area contributed by atoms with Crippen LogP contribution in [-0.2, 0) is 21.6 Å². The smallest absolute Gasteiger partial charge is 0.337 e. The molecule has 4 heteroatoms. The Hall–Kier alpha value is -2.88. The SMILES string of the molecule is C=CCC1(C(=O)OCC)c2ccccc2C(=O)N1Cc1ccccc1. The van der Waals surface area contributed by atoms with Crippen LogP contribution in [0, 0.1) is 0 Å². The molecule has 0 saturated carbocycles. The molecule has 0 bridgehead atoms. The fourth-order valence-corrected chi connectivity index (χ4v) is 3.45. The lowest BCUT2D eigenvalue weighted by Gasteiger charge is -2.36. The van der Waals surface area contributed by atoms with Gasteiger partial charge in [0.1, 0.15) is 0 Å². The van der Waals surface area contributed by atoms with Crippen molar-refractivity contribution in [1.29, 1.82) is 0 Å². The van der Waals surface area contributed by atoms with Gasteiger partial charge >= 0.3 is 5.97 Å². The van der Waals surface area contributed by atoms with E-state index < -0.39 is 11.5 Å². The molecule has 1 amide bonds. The molecule has 2 aromatic carbocycles. The van der Waals surface area contributed by atoms with Gasteiger partial charge in [0.2, 0.25) is 0 Å². The Morgan fingerprint density at radius 1 is 1.16 bits per heavy atom. The van der Waals surface area contributed by atoms with E-state index in [1.165, 1.54) is 0 Å². The largest absolute Gasteiger partial charge is 0.464 e. The van der Waals surface area contributed by atoms with Crippen LogP contribution < -0.4 is 0 Å². The molecule has 3 rings (SSSR count). The third kappa shape index (κ3) is 2.74. The highest BCUT2D eigenvalue weighted by Crippen LogP contribution is 2.44. The first-order valence-corrected chi connectivity index (χ1v) is 8.38. The van der Waals surface area contributed by atoms with Crippen molar-refractivity contribution >= 4 is 11.9 Å². The average Bonchev–Trinajstić information content (AvgIpc) is 2.87. The van der Waals surface area contributed by atoms with E-state index in [0.29, 0.717) is 24.1 Å². The van der Waals surface area contributed by atoms with Gasteiger partial charge in [-0.25, -0.2) is 4.79 Å². The Morgan fingerprint density at radius 2 is 1.84 bits per heavy atom. The maximum Gasteiger partial charge on any atom is 0.337 e. The second kappa shape index (κ2) is 6.93. The number of carbonyl (C=O) groups excluding carboxylic acids is 2. The summed E-state index contributed by atoms with van der Waals surface area (Å²) in [6.45, 7) is 6.16. The predicted octanol–water partition coefficient (Wildman–Crippen LogP) is 3.68. The van der Waals surface area contributed by atoms with Gasteiger partial charge in [-0.2, -0.15) is 0 Å². The van der Waals surface area contributed by atoms with Gasteiger partial charge in [0.25, 0.3) is 5.91 Å². The second-order valence-corrected chi connectivity index (χ2v) is 6.00. The molecule has 1 unspecified atom stereocenters. The normalized spacial score (nSPS) is 18.8. The molecule has 2 aromatic rings. The number of fused-ring (bicyclic) bond motifs is 1. The van der Waals surface area contributed by atoms with Crippen LogP contribution in [0.2, 0.25) is 0 Å². The second-order valence-electron chi connectivity index (χ2n) is 6.00. The van der Waals surface area contributed by atoms with Gasteiger partial charge in [0.05, 0.1) is 6.61 Å². The van der Waals surface area contributed by atoms with Crippen molar-refractivity contribution in [3.63, 3.8) is 0 Å². The molecule has 0 radical (unpaired) electrons. The summed E-state index contributed by atoms with van der Waals surface area (Å²) in [5.41, 5.74) is 1.03. The maximum absolute atomic E-state index is 13.1. The first-order valence-electron chi connectivity index (χ1n) is 8.38. The summed E-state index contributed by atoms with van der Waals surface area (Å²) in [5, 5.41) is 0. The van der Waals surface area contributed by atoms with Gasteiger partial charge < -0.3 is 9.64 Å². The highest BCUT2D eigenvalue weighted by molar-refractivity contribution is 6.06. The number of amides is 1. The van der Waals surface area contributed by atoms with Crippen molar-refractivity contribution in [3.05, 3.63) is 83.9 Å². The molecule has 0 N–H and O–H groups in total. The van der Waals surface area contributed by atoms with Crippen molar-refractivity contribution in [2.45, 2.75) is 25.4 Å². The monoisotopic (exact) mass is 335 g/mol. The quantitative estimate of drug-likeness (QED) is 0.598. The van der Waals surface area contributed by atoms with Crippen LogP contribution in [0.4, 0.5) is 0 Å². The summed E-state index contributed by atoms with van der Waals surface area (Å²) in [7, 11) is 0. The van der Waals surface area contributed by atoms with E-state index in [1.54, 1.807) is 24.0 Å². The van der Waals surface area contributed by atoms with E-state index >= 15 is 0 Å². The topological polar surface area (TPSA) is 46.6 Å². The van der Waals surface area contributed by atoms with E-state index in [1.807, 2.05) is 48.5 Å². The Kier molecular flexibility index (Phi) is 4.70. The Labute approximate surface area is 147 Å². The Morgan fingerprint density at radius 3 is 2.52 bits per heavy atom. The van der Waals surface area contributed by atoms with Crippen LogP contribution in [-0.4, -0.2) is 23.4 Å². The highest BCUT2D eigenvalue weighted by Gasteiger charge is 2.55. The lowest BCUT2D eigenvalue weighted by atomic mass is 9.86. The molecule has 1 aliphatic heterocycles. The van der Waals surface area contributed by atoms with Gasteiger partial charge in [-0.15, -0.1) is 6.58 Å². The Balaban J connectivity index is 2.15. The lowest BCUT2D eigenvalue weighted by Crippen LogP contribution is -2.50. The molecule has 0 aromatic heterocycles. The standard InChI is InChI=1S/C21H21NO3/c1-3-14-21(20(24)25-4-2)18-13-9-8-12-17(18)19(23)22(21)15-16-10-6-5-7-11-16/h3,5-13H,1,4,14-15H2,2H3. The van der Waals surface area contributed by atoms with Gasteiger partial charge in [0, 0.05) is 24.1 Å². The van der Waals surface area contributed by atoms with Gasteiger partial charge in [-0.1, -0.05) is 54.6 Å². The minimum atomic E-state index is -1.17. The summed E-state index contributed by atoms with van der Waals surface area (Å²) in [6, 6.07) is 16.9. The number of hydrogen-bond donors (Lipinski definition) is 0. The van der Waals surface area contributed by atoms with Crippen molar-refractivity contribution in [2.24, 2.45) is 0 Å². The molecule has 1 aliphatic rings. The molecular weight excluding hydrogens is 314 g/mol. The number of ether oxygens (including phenoxy) is 1. The molecular formula is C21H21NO3. The first-order chi connectivity index (χ1) is 12.1. The zero-order valence-corrected chi connectivity index (χ0v) is 14.3. The fourth-order valence-electron chi connectivity index (χ4n) is 3.45. The first kappa shape index (κ1) is 17.0. The van der Waals surface area contributed by atoms with E-state index in [0.717, 1.165) is 5.56 Å². The molecule has 4 nitrogen and oxygen atoms in total. The third-order valence-corrected chi connectivity index (χ3v) is 4.55. The van der Waals surface area contributed by atoms with Gasteiger partial charge in [-0.3, -0.25) is 4.79 Å². The van der Waals surface area contributed by atoms with E-state index in [4.69, 9.17) is 4.74 Å². The summed E-state index contributed by atoms with van der Waals surface area (Å²) in [6.07, 6.45) is 1.98. The van der Waals surface area contributed by atoms with Crippen molar-refractivity contribution < 1.29 is 14.3 Å². The molecule has 0 aliphatic carbocycles. The summed E-state index contributed by atoms with van der Waals surface area (Å²) < 4.78 is 5.37. The lowest BCUT2D eigenvalue weighted by molar-refractivity contribution is -0.156. The van der Waals surface area contributed by atoms with Crippen LogP contribution in [0.25, 0.3) is 0 Å². The molecule has 0 saturated heterocycles. The number of benzene rings is 2. The van der Waals surface area contributed by atoms with Crippen molar-refractivity contribution in [2.75, 3.05) is 6.61 Å². The summed E-state index contributed by atoms with van der Waals surface area (Å²) >= 11 is 0. The zero-order valence-electron chi connectivity index (χ0n) is 14.3. The van der Waals surface area contributed by atoms with Crippen molar-refractivity contribution in [1.82, 2.24) is 4.90 Å². The zero-order chi connectivity index (χ0) is 17.9. The molecule has 1 atom stereocenters. The van der Waals surface area contributed by atoms with Crippen molar-refractivity contribution in [3.8, 4) is 0 Å². The minimum Gasteiger partial charge on any atom is -0.464 e. The van der Waals surface area contributed by atoms with E-state index in [9.17, 15) is 9.59 Å². The fraction of sp³-hybridized carbons (Fsp3) is 0.238. The number of nitrogens with zero attached hydrogens (tertiary/aromatic N) is 1. The third-order valence-electron chi connectivity index (χ3n) is 4.55. The van der Waals surface area contributed by atoms with Gasteiger partial charge in [0.15, 0.2) is 5.54 Å². The number of rotatable bonds is 6. The van der Waals surface area contributed by atoms with Crippen LogP contribution >= 0.6 is 0 Å². The maximum atomic E-state index is 13.1. The molecule has 128 valence electrons. The average molecular weight is 335 g/mol. The van der Waals surface area contributed by atoms with Gasteiger partial charge in [-0.05, 0) is 18.6 Å². The minimum absolute atomic E-state index is 0.158. The van der Waals surface area contributed by atoms with Crippen LogP contribution in [0.3, 0.4) is 0 Å². The predicted molar refractivity (Wildman–Crippen MR) is 95.9 cm³/mol. The number of carbonyl (C=O) groups is 2. The van der Waals surface area contributed by atoms with Crippen LogP contribution in [0.5, 0.6) is 0 Å².